The quantitative estimate of drug-likeness (QED) is 0.806. The number of amides is 4. The van der Waals surface area contributed by atoms with Gasteiger partial charge in [0.15, 0.2) is 0 Å². The lowest BCUT2D eigenvalue weighted by Crippen LogP contribution is -2.34. The lowest BCUT2D eigenvalue weighted by atomic mass is 10.1. The molecule has 140 valence electrons. The van der Waals surface area contributed by atoms with Crippen LogP contribution in [0.3, 0.4) is 0 Å². The van der Waals surface area contributed by atoms with Gasteiger partial charge >= 0.3 is 6.03 Å². The third-order valence-corrected chi connectivity index (χ3v) is 4.88. The van der Waals surface area contributed by atoms with Crippen LogP contribution in [0, 0.1) is 0 Å². The molecular formula is C18H20N6O3. The van der Waals surface area contributed by atoms with E-state index in [1.54, 1.807) is 34.2 Å². The fraction of sp³-hybridized carbons (Fsp3) is 0.333. The Morgan fingerprint density at radius 3 is 2.74 bits per heavy atom. The third-order valence-electron chi connectivity index (χ3n) is 4.88. The number of rotatable bonds is 3. The smallest absolute Gasteiger partial charge is 0.321 e. The van der Waals surface area contributed by atoms with Gasteiger partial charge in [0.25, 0.3) is 11.8 Å². The number of primary amides is 1. The van der Waals surface area contributed by atoms with Gasteiger partial charge in [0.1, 0.15) is 11.5 Å². The van der Waals surface area contributed by atoms with Crippen molar-refractivity contribution in [1.82, 2.24) is 19.8 Å². The van der Waals surface area contributed by atoms with Crippen molar-refractivity contribution < 1.29 is 14.4 Å². The van der Waals surface area contributed by atoms with Gasteiger partial charge in [0.2, 0.25) is 0 Å². The van der Waals surface area contributed by atoms with Crippen molar-refractivity contribution in [3.05, 3.63) is 47.5 Å². The largest absolute Gasteiger partial charge is 0.364 e. The Morgan fingerprint density at radius 1 is 1.15 bits per heavy atom. The second-order valence-electron chi connectivity index (χ2n) is 6.58. The van der Waals surface area contributed by atoms with Gasteiger partial charge in [-0.05, 0) is 18.2 Å². The van der Waals surface area contributed by atoms with Gasteiger partial charge in [-0.25, -0.2) is 9.78 Å². The van der Waals surface area contributed by atoms with E-state index in [4.69, 9.17) is 5.73 Å². The summed E-state index contributed by atoms with van der Waals surface area (Å²) >= 11 is 0. The van der Waals surface area contributed by atoms with E-state index in [1.807, 2.05) is 10.6 Å². The summed E-state index contributed by atoms with van der Waals surface area (Å²) in [6, 6.07) is 6.97. The monoisotopic (exact) mass is 368 g/mol. The van der Waals surface area contributed by atoms with E-state index < -0.39 is 5.91 Å². The zero-order chi connectivity index (χ0) is 19.0. The summed E-state index contributed by atoms with van der Waals surface area (Å²) in [7, 11) is 0. The molecule has 2 aromatic rings. The Bertz CT molecular complexity index is 896. The number of imidazole rings is 1. The number of benzene rings is 1. The molecule has 0 spiro atoms. The van der Waals surface area contributed by atoms with Gasteiger partial charge in [0, 0.05) is 56.6 Å². The van der Waals surface area contributed by atoms with Gasteiger partial charge in [-0.15, -0.1) is 0 Å². The number of nitrogens with two attached hydrogens (primary N) is 1. The van der Waals surface area contributed by atoms with E-state index in [9.17, 15) is 14.4 Å². The Kier molecular flexibility index (Phi) is 4.27. The number of carbonyl (C=O) groups excluding carboxylic acids is 3. The van der Waals surface area contributed by atoms with Crippen LogP contribution >= 0.6 is 0 Å². The van der Waals surface area contributed by atoms with Crippen LogP contribution in [0.15, 0.2) is 30.5 Å². The summed E-state index contributed by atoms with van der Waals surface area (Å²) in [5.74, 6) is 0.116. The average Bonchev–Trinajstić information content (AvgIpc) is 3.23. The molecular weight excluding hydrogens is 348 g/mol. The topological polar surface area (TPSA) is 114 Å². The first-order valence-corrected chi connectivity index (χ1v) is 8.83. The van der Waals surface area contributed by atoms with E-state index in [1.165, 1.54) is 0 Å². The molecule has 4 amide bonds. The third kappa shape index (κ3) is 3.23. The molecule has 1 aromatic heterocycles. The first-order valence-electron chi connectivity index (χ1n) is 8.83. The van der Waals surface area contributed by atoms with E-state index in [2.05, 4.69) is 10.3 Å². The Labute approximate surface area is 155 Å². The normalized spacial score (nSPS) is 16.7. The molecule has 3 N–H and O–H groups in total. The zero-order valence-electron chi connectivity index (χ0n) is 14.7. The molecule has 4 rings (SSSR count). The second kappa shape index (κ2) is 6.75. The van der Waals surface area contributed by atoms with Crippen LogP contribution in [0.1, 0.15) is 26.7 Å². The van der Waals surface area contributed by atoms with Crippen molar-refractivity contribution in [2.24, 2.45) is 5.73 Å². The molecule has 0 saturated carbocycles. The van der Waals surface area contributed by atoms with Gasteiger partial charge in [-0.2, -0.15) is 0 Å². The minimum absolute atomic E-state index is 0.0858. The van der Waals surface area contributed by atoms with Crippen LogP contribution in [-0.4, -0.2) is 58.5 Å². The van der Waals surface area contributed by atoms with Crippen LogP contribution in [0.4, 0.5) is 10.5 Å². The predicted octanol–water partition coefficient (Wildman–Crippen LogP) is 0.210. The summed E-state index contributed by atoms with van der Waals surface area (Å²) in [6.45, 7) is 2.75. The maximum atomic E-state index is 13.0. The fourth-order valence-corrected chi connectivity index (χ4v) is 3.45. The molecule has 1 fully saturated rings. The molecule has 27 heavy (non-hydrogen) atoms. The number of fused-ring (bicyclic) bond motifs is 1. The SMILES string of the molecule is NC(=O)c1cn2c(n1)CCN(C(=O)c1cccc(N3CCNC3=O)c1)CC2. The molecule has 0 unspecified atom stereocenters. The van der Waals surface area contributed by atoms with Crippen LogP contribution in [0.5, 0.6) is 0 Å². The average molecular weight is 368 g/mol. The molecule has 0 atom stereocenters. The highest BCUT2D eigenvalue weighted by atomic mass is 16.2. The van der Waals surface area contributed by atoms with Crippen molar-refractivity contribution in [3.63, 3.8) is 0 Å². The minimum Gasteiger partial charge on any atom is -0.364 e. The molecule has 2 aliphatic rings. The molecule has 0 radical (unpaired) electrons. The molecule has 1 aromatic carbocycles. The number of aromatic nitrogens is 2. The maximum Gasteiger partial charge on any atom is 0.321 e. The fourth-order valence-electron chi connectivity index (χ4n) is 3.45. The predicted molar refractivity (Wildman–Crippen MR) is 97.5 cm³/mol. The molecule has 1 saturated heterocycles. The van der Waals surface area contributed by atoms with Crippen LogP contribution in [0.2, 0.25) is 0 Å². The standard InChI is InChI=1S/C18H20N6O3/c19-16(25)14-11-23-9-8-22(6-4-15(23)21-14)17(26)12-2-1-3-13(10-12)24-7-5-20-18(24)27/h1-3,10-11H,4-9H2,(H2,19,25)(H,20,27). The number of hydrogen-bond acceptors (Lipinski definition) is 4. The number of carbonyl (C=O) groups is 3. The maximum absolute atomic E-state index is 13.0. The van der Waals surface area contributed by atoms with Gasteiger partial charge in [0.05, 0.1) is 0 Å². The highest BCUT2D eigenvalue weighted by Crippen LogP contribution is 2.20. The summed E-state index contributed by atoms with van der Waals surface area (Å²) in [5, 5.41) is 2.76. The van der Waals surface area contributed by atoms with E-state index >= 15 is 0 Å². The van der Waals surface area contributed by atoms with Crippen molar-refractivity contribution in [2.75, 3.05) is 31.1 Å². The Morgan fingerprint density at radius 2 is 2.00 bits per heavy atom. The van der Waals surface area contributed by atoms with Crippen molar-refractivity contribution in [2.45, 2.75) is 13.0 Å². The van der Waals surface area contributed by atoms with Crippen LogP contribution < -0.4 is 16.0 Å². The first kappa shape index (κ1) is 17.1. The summed E-state index contributed by atoms with van der Waals surface area (Å²) in [6.07, 6.45) is 2.19. The number of nitrogens with zero attached hydrogens (tertiary/aromatic N) is 4. The van der Waals surface area contributed by atoms with Crippen molar-refractivity contribution in [1.29, 1.82) is 0 Å². The number of hydrogen-bond donors (Lipinski definition) is 2. The lowest BCUT2D eigenvalue weighted by molar-refractivity contribution is 0.0758. The Balaban J connectivity index is 1.49. The van der Waals surface area contributed by atoms with Gasteiger partial charge in [-0.3, -0.25) is 14.5 Å². The summed E-state index contributed by atoms with van der Waals surface area (Å²) in [5.41, 5.74) is 6.79. The van der Waals surface area contributed by atoms with E-state index in [0.29, 0.717) is 50.4 Å². The molecule has 3 heterocycles. The molecule has 9 nitrogen and oxygen atoms in total. The van der Waals surface area contributed by atoms with Gasteiger partial charge < -0.3 is 20.5 Å². The molecule has 2 aliphatic heterocycles. The van der Waals surface area contributed by atoms with Crippen molar-refractivity contribution >= 4 is 23.5 Å². The Hall–Kier alpha value is -3.36. The van der Waals surface area contributed by atoms with Crippen molar-refractivity contribution in [3.8, 4) is 0 Å². The molecule has 9 heteroatoms. The second-order valence-corrected chi connectivity index (χ2v) is 6.58. The number of anilines is 1. The molecule has 0 bridgehead atoms. The first-order chi connectivity index (χ1) is 13.0. The summed E-state index contributed by atoms with van der Waals surface area (Å²) < 4.78 is 1.87. The summed E-state index contributed by atoms with van der Waals surface area (Å²) in [4.78, 5) is 43.7. The molecule has 0 aliphatic carbocycles. The van der Waals surface area contributed by atoms with Gasteiger partial charge in [-0.1, -0.05) is 6.07 Å². The highest BCUT2D eigenvalue weighted by Gasteiger charge is 2.24. The number of nitrogens with one attached hydrogen (secondary N) is 1. The number of urea groups is 1. The minimum atomic E-state index is -0.550. The zero-order valence-corrected chi connectivity index (χ0v) is 14.7. The van der Waals surface area contributed by atoms with Crippen LogP contribution in [-0.2, 0) is 13.0 Å². The highest BCUT2D eigenvalue weighted by molar-refractivity contribution is 5.98. The van der Waals surface area contributed by atoms with E-state index in [0.717, 1.165) is 5.82 Å². The van der Waals surface area contributed by atoms with Crippen LogP contribution in [0.25, 0.3) is 0 Å². The lowest BCUT2D eigenvalue weighted by Gasteiger charge is -2.21. The van der Waals surface area contributed by atoms with E-state index in [-0.39, 0.29) is 17.6 Å².